The van der Waals surface area contributed by atoms with Crippen LogP contribution in [0.15, 0.2) is 24.3 Å². The molecule has 23 heavy (non-hydrogen) atoms. The Hall–Kier alpha value is -1.36. The Morgan fingerprint density at radius 2 is 1.87 bits per heavy atom. The van der Waals surface area contributed by atoms with Crippen LogP contribution in [0.2, 0.25) is 5.02 Å². The molecule has 0 amide bonds. The maximum atomic E-state index is 5.96. The first-order chi connectivity index (χ1) is 11.1. The predicted molar refractivity (Wildman–Crippen MR) is 95.0 cm³/mol. The lowest BCUT2D eigenvalue weighted by atomic mass is 10.1. The minimum atomic E-state index is 0.776. The van der Waals surface area contributed by atoms with E-state index in [0.717, 1.165) is 50.0 Å². The Morgan fingerprint density at radius 1 is 1.09 bits per heavy atom. The van der Waals surface area contributed by atoms with Crippen LogP contribution in [0.4, 0.5) is 0 Å². The third kappa shape index (κ3) is 4.14. The van der Waals surface area contributed by atoms with Crippen LogP contribution in [0.3, 0.4) is 0 Å². The van der Waals surface area contributed by atoms with Crippen molar-refractivity contribution < 1.29 is 0 Å². The molecule has 0 aliphatic carbocycles. The number of aromatic nitrogens is 2. The largest absolute Gasteiger partial charge is 0.315 e. The third-order valence-corrected chi connectivity index (χ3v) is 4.84. The molecule has 1 aliphatic rings. The smallest absolute Gasteiger partial charge is 0.0662 e. The summed E-state index contributed by atoms with van der Waals surface area (Å²) in [5.41, 5.74) is 5.02. The molecule has 1 saturated heterocycles. The number of aryl methyl sites for hydroxylation is 1. The fourth-order valence-corrected chi connectivity index (χ4v) is 3.29. The summed E-state index contributed by atoms with van der Waals surface area (Å²) in [5, 5.41) is 9.00. The first-order valence-corrected chi connectivity index (χ1v) is 8.71. The van der Waals surface area contributed by atoms with E-state index in [4.69, 9.17) is 16.7 Å². The summed E-state index contributed by atoms with van der Waals surface area (Å²) < 4.78 is 2.12. The summed E-state index contributed by atoms with van der Waals surface area (Å²) in [7, 11) is 0. The average Bonchev–Trinajstić information content (AvgIpc) is 2.75. The quantitative estimate of drug-likeness (QED) is 0.934. The molecule has 1 fully saturated rings. The van der Waals surface area contributed by atoms with Gasteiger partial charge < -0.3 is 5.32 Å². The molecule has 2 aromatic rings. The summed E-state index contributed by atoms with van der Waals surface area (Å²) >= 11 is 5.96. The van der Waals surface area contributed by atoms with Crippen LogP contribution in [0.5, 0.6) is 0 Å². The SMILES string of the molecule is Cc1nn(Cc2ccc(Cl)cc2)c(C)c1CN1CCCNCC1. The zero-order valence-corrected chi connectivity index (χ0v) is 14.7. The van der Waals surface area contributed by atoms with Gasteiger partial charge in [-0.1, -0.05) is 23.7 Å². The number of halogens is 1. The van der Waals surface area contributed by atoms with Crippen LogP contribution < -0.4 is 5.32 Å². The van der Waals surface area contributed by atoms with Gasteiger partial charge in [-0.3, -0.25) is 9.58 Å². The molecule has 3 rings (SSSR count). The van der Waals surface area contributed by atoms with E-state index in [1.54, 1.807) is 0 Å². The summed E-state index contributed by atoms with van der Waals surface area (Å²) in [6.07, 6.45) is 1.22. The summed E-state index contributed by atoms with van der Waals surface area (Å²) in [6, 6.07) is 8.01. The van der Waals surface area contributed by atoms with Gasteiger partial charge in [0.15, 0.2) is 0 Å². The van der Waals surface area contributed by atoms with Gasteiger partial charge in [0.25, 0.3) is 0 Å². The third-order valence-electron chi connectivity index (χ3n) is 4.59. The number of nitrogens with one attached hydrogen (secondary N) is 1. The van der Waals surface area contributed by atoms with E-state index in [0.29, 0.717) is 0 Å². The highest BCUT2D eigenvalue weighted by atomic mass is 35.5. The normalized spacial score (nSPS) is 16.5. The molecule has 0 saturated carbocycles. The Labute approximate surface area is 143 Å². The highest BCUT2D eigenvalue weighted by Gasteiger charge is 2.16. The minimum absolute atomic E-state index is 0.776. The lowest BCUT2D eigenvalue weighted by molar-refractivity contribution is 0.283. The summed E-state index contributed by atoms with van der Waals surface area (Å²) in [5.74, 6) is 0. The van der Waals surface area contributed by atoms with Gasteiger partial charge in [-0.25, -0.2) is 0 Å². The van der Waals surface area contributed by atoms with E-state index in [2.05, 4.69) is 40.9 Å². The van der Waals surface area contributed by atoms with Crippen molar-refractivity contribution in [1.29, 1.82) is 0 Å². The fourth-order valence-electron chi connectivity index (χ4n) is 3.16. The Kier molecular flexibility index (Phi) is 5.36. The Balaban J connectivity index is 1.74. The molecule has 2 heterocycles. The number of hydrogen-bond donors (Lipinski definition) is 1. The van der Waals surface area contributed by atoms with Crippen LogP contribution in [-0.4, -0.2) is 40.9 Å². The molecule has 1 aromatic carbocycles. The molecule has 5 heteroatoms. The molecule has 0 atom stereocenters. The van der Waals surface area contributed by atoms with Crippen molar-refractivity contribution in [2.45, 2.75) is 33.4 Å². The number of nitrogens with zero attached hydrogens (tertiary/aromatic N) is 3. The highest BCUT2D eigenvalue weighted by molar-refractivity contribution is 6.30. The van der Waals surface area contributed by atoms with Gasteiger partial charge in [0.05, 0.1) is 12.2 Å². The maximum absolute atomic E-state index is 5.96. The van der Waals surface area contributed by atoms with Crippen LogP contribution >= 0.6 is 11.6 Å². The maximum Gasteiger partial charge on any atom is 0.0662 e. The average molecular weight is 333 g/mol. The van der Waals surface area contributed by atoms with Crippen molar-refractivity contribution in [3.63, 3.8) is 0 Å². The summed E-state index contributed by atoms with van der Waals surface area (Å²) in [6.45, 7) is 10.6. The van der Waals surface area contributed by atoms with Crippen molar-refractivity contribution >= 4 is 11.6 Å². The lowest BCUT2D eigenvalue weighted by Gasteiger charge is -2.19. The molecule has 0 bridgehead atoms. The summed E-state index contributed by atoms with van der Waals surface area (Å²) in [4.78, 5) is 2.53. The van der Waals surface area contributed by atoms with Crippen molar-refractivity contribution in [3.05, 3.63) is 51.8 Å². The molecule has 1 N–H and O–H groups in total. The first-order valence-electron chi connectivity index (χ1n) is 8.34. The molecular weight excluding hydrogens is 308 g/mol. The number of hydrogen-bond acceptors (Lipinski definition) is 3. The van der Waals surface area contributed by atoms with Gasteiger partial charge in [0.2, 0.25) is 0 Å². The van der Waals surface area contributed by atoms with E-state index in [1.807, 2.05) is 12.1 Å². The van der Waals surface area contributed by atoms with E-state index in [-0.39, 0.29) is 0 Å². The number of rotatable bonds is 4. The zero-order valence-electron chi connectivity index (χ0n) is 14.0. The molecular formula is C18H25ClN4. The van der Waals surface area contributed by atoms with Gasteiger partial charge in [-0.05, 0) is 51.1 Å². The molecule has 0 unspecified atom stereocenters. The van der Waals surface area contributed by atoms with Crippen LogP contribution in [0.1, 0.15) is 28.9 Å². The molecule has 124 valence electrons. The molecule has 0 spiro atoms. The monoisotopic (exact) mass is 332 g/mol. The molecule has 1 aromatic heterocycles. The molecule has 1 aliphatic heterocycles. The van der Waals surface area contributed by atoms with E-state index < -0.39 is 0 Å². The van der Waals surface area contributed by atoms with Gasteiger partial charge in [-0.2, -0.15) is 5.10 Å². The van der Waals surface area contributed by atoms with Gasteiger partial charge in [0, 0.05) is 35.9 Å². The van der Waals surface area contributed by atoms with Gasteiger partial charge in [-0.15, -0.1) is 0 Å². The van der Waals surface area contributed by atoms with Gasteiger partial charge >= 0.3 is 0 Å². The molecule has 4 nitrogen and oxygen atoms in total. The lowest BCUT2D eigenvalue weighted by Crippen LogP contribution is -2.28. The Morgan fingerprint density at radius 3 is 2.65 bits per heavy atom. The van der Waals surface area contributed by atoms with Crippen molar-refractivity contribution in [3.8, 4) is 0 Å². The van der Waals surface area contributed by atoms with Gasteiger partial charge in [0.1, 0.15) is 0 Å². The van der Waals surface area contributed by atoms with E-state index >= 15 is 0 Å². The van der Waals surface area contributed by atoms with Crippen LogP contribution in [-0.2, 0) is 13.1 Å². The predicted octanol–water partition coefficient (Wildman–Crippen LogP) is 3.00. The van der Waals surface area contributed by atoms with E-state index in [1.165, 1.54) is 23.2 Å². The molecule has 0 radical (unpaired) electrons. The first kappa shape index (κ1) is 16.5. The standard InChI is InChI=1S/C18H25ClN4/c1-14-18(13-22-10-3-8-20-9-11-22)15(2)23(21-14)12-16-4-6-17(19)7-5-16/h4-7,20H,3,8-13H2,1-2H3. The topological polar surface area (TPSA) is 33.1 Å². The second-order valence-corrected chi connectivity index (χ2v) is 6.75. The minimum Gasteiger partial charge on any atom is -0.315 e. The highest BCUT2D eigenvalue weighted by Crippen LogP contribution is 2.18. The van der Waals surface area contributed by atoms with E-state index in [9.17, 15) is 0 Å². The van der Waals surface area contributed by atoms with Crippen LogP contribution in [0, 0.1) is 13.8 Å². The second-order valence-electron chi connectivity index (χ2n) is 6.31. The van der Waals surface area contributed by atoms with Crippen molar-refractivity contribution in [1.82, 2.24) is 20.0 Å². The number of benzene rings is 1. The van der Waals surface area contributed by atoms with Crippen molar-refractivity contribution in [2.24, 2.45) is 0 Å². The second kappa shape index (κ2) is 7.47. The van der Waals surface area contributed by atoms with Crippen LogP contribution in [0.25, 0.3) is 0 Å². The van der Waals surface area contributed by atoms with Crippen molar-refractivity contribution in [2.75, 3.05) is 26.2 Å². The Bertz CT molecular complexity index is 640. The zero-order chi connectivity index (χ0) is 16.2. The fraction of sp³-hybridized carbons (Fsp3) is 0.500.